The standard InChI is InChI=1S/C23H45NO4SSi2/c1-21(2,3)30(9,10)25-16-19(28-31(11,12)22(4,5)6)20-18(14-13-15-29-17-24)26-23(7,8)27-20/h13-14,18-20H,15-16H2,1-12H3/t18-,19+,20-/m0/s1. The number of ether oxygens (including phenoxy) is 2. The first-order chi connectivity index (χ1) is 13.8. The molecule has 0 spiro atoms. The first kappa shape index (κ1) is 28.9. The summed E-state index contributed by atoms with van der Waals surface area (Å²) in [5.74, 6) is -0.0776. The van der Waals surface area contributed by atoms with Crippen LogP contribution in [0.3, 0.4) is 0 Å². The van der Waals surface area contributed by atoms with E-state index in [9.17, 15) is 0 Å². The van der Waals surface area contributed by atoms with Crippen molar-refractivity contribution in [3.63, 3.8) is 0 Å². The Kier molecular flexibility index (Phi) is 9.70. The van der Waals surface area contributed by atoms with E-state index in [-0.39, 0.29) is 28.4 Å². The number of hydrogen-bond acceptors (Lipinski definition) is 6. The molecule has 0 aromatic carbocycles. The van der Waals surface area contributed by atoms with Gasteiger partial charge < -0.3 is 18.3 Å². The summed E-state index contributed by atoms with van der Waals surface area (Å²) in [6.07, 6.45) is 3.26. The van der Waals surface area contributed by atoms with E-state index in [1.165, 1.54) is 11.8 Å². The van der Waals surface area contributed by atoms with Gasteiger partial charge >= 0.3 is 0 Å². The second-order valence-corrected chi connectivity index (χ2v) is 22.3. The van der Waals surface area contributed by atoms with E-state index in [1.54, 1.807) is 0 Å². The Morgan fingerprint density at radius 1 is 1.03 bits per heavy atom. The molecule has 0 N–H and O–H groups in total. The Bertz CT molecular complexity index is 660. The number of thiocyanates is 1. The highest BCUT2D eigenvalue weighted by molar-refractivity contribution is 8.03. The SMILES string of the molecule is CC1(C)O[C@H]([C@@H](CO[Si](C)(C)C(C)(C)C)O[Si](C)(C)C(C)(C)C)[C@H](C=CCSC#N)O1. The Morgan fingerprint density at radius 3 is 2.06 bits per heavy atom. The average molecular weight is 488 g/mol. The molecule has 0 unspecified atom stereocenters. The number of rotatable bonds is 9. The zero-order chi connectivity index (χ0) is 24.3. The van der Waals surface area contributed by atoms with E-state index in [2.05, 4.69) is 73.1 Å². The zero-order valence-corrected chi connectivity index (χ0v) is 24.6. The van der Waals surface area contributed by atoms with Crippen LogP contribution in [0.1, 0.15) is 55.4 Å². The molecule has 0 saturated carbocycles. The van der Waals surface area contributed by atoms with Gasteiger partial charge in [-0.1, -0.05) is 53.7 Å². The summed E-state index contributed by atoms with van der Waals surface area (Å²) < 4.78 is 26.1. The molecule has 0 aliphatic carbocycles. The van der Waals surface area contributed by atoms with Crippen LogP contribution in [0.2, 0.25) is 36.3 Å². The van der Waals surface area contributed by atoms with Gasteiger partial charge in [0.1, 0.15) is 17.6 Å². The molecule has 1 aliphatic rings. The van der Waals surface area contributed by atoms with Gasteiger partial charge in [0.05, 0.1) is 12.7 Å². The third-order valence-corrected chi connectivity index (χ3v) is 16.3. The maximum absolute atomic E-state index is 8.79. The summed E-state index contributed by atoms with van der Waals surface area (Å²) in [4.78, 5) is 0. The quantitative estimate of drug-likeness (QED) is 0.156. The van der Waals surface area contributed by atoms with Gasteiger partial charge in [0.2, 0.25) is 0 Å². The van der Waals surface area contributed by atoms with Gasteiger partial charge in [-0.3, -0.25) is 0 Å². The van der Waals surface area contributed by atoms with Crippen LogP contribution in [0.15, 0.2) is 12.2 Å². The Labute approximate surface area is 197 Å². The summed E-state index contributed by atoms with van der Waals surface area (Å²) in [5, 5.41) is 11.1. The smallest absolute Gasteiger partial charge is 0.192 e. The molecule has 3 atom stereocenters. The molecule has 180 valence electrons. The minimum atomic E-state index is -2.07. The van der Waals surface area contributed by atoms with E-state index < -0.39 is 22.4 Å². The molecule has 1 fully saturated rings. The minimum absolute atomic E-state index is 0.0754. The second-order valence-electron chi connectivity index (χ2n) is 11.9. The molecule has 1 rings (SSSR count). The van der Waals surface area contributed by atoms with Gasteiger partial charge in [0.15, 0.2) is 22.4 Å². The van der Waals surface area contributed by atoms with E-state index in [0.717, 1.165) is 0 Å². The van der Waals surface area contributed by atoms with Gasteiger partial charge in [-0.15, -0.1) is 0 Å². The number of thioether (sulfide) groups is 1. The minimum Gasteiger partial charge on any atom is -0.414 e. The normalized spacial score (nSPS) is 23.8. The summed E-state index contributed by atoms with van der Waals surface area (Å²) in [7, 11) is -4.02. The maximum atomic E-state index is 8.79. The van der Waals surface area contributed by atoms with Crippen molar-refractivity contribution in [3.05, 3.63) is 12.2 Å². The van der Waals surface area contributed by atoms with Crippen LogP contribution in [0.4, 0.5) is 0 Å². The van der Waals surface area contributed by atoms with Crippen LogP contribution in [0, 0.1) is 10.7 Å². The zero-order valence-electron chi connectivity index (χ0n) is 21.8. The van der Waals surface area contributed by atoms with Crippen molar-refractivity contribution in [2.75, 3.05) is 12.4 Å². The summed E-state index contributed by atoms with van der Waals surface area (Å²) in [6.45, 7) is 26.9. The van der Waals surface area contributed by atoms with E-state index >= 15 is 0 Å². The molecular formula is C23H45NO4SSi2. The lowest BCUT2D eigenvalue weighted by Gasteiger charge is -2.43. The van der Waals surface area contributed by atoms with Gasteiger partial charge in [0.25, 0.3) is 0 Å². The predicted molar refractivity (Wildman–Crippen MR) is 136 cm³/mol. The average Bonchev–Trinajstić information content (AvgIpc) is 2.88. The fraction of sp³-hybridized carbons (Fsp3) is 0.870. The number of nitrogens with zero attached hydrogens (tertiary/aromatic N) is 1. The Morgan fingerprint density at radius 2 is 1.58 bits per heavy atom. The van der Waals surface area contributed by atoms with Gasteiger partial charge in [-0.25, -0.2) is 0 Å². The van der Waals surface area contributed by atoms with Crippen molar-refractivity contribution in [1.82, 2.24) is 0 Å². The van der Waals surface area contributed by atoms with Gasteiger partial charge in [0, 0.05) is 5.75 Å². The molecule has 0 bridgehead atoms. The molecule has 1 heterocycles. The maximum Gasteiger partial charge on any atom is 0.192 e. The Hall–Kier alpha value is -0.146. The van der Waals surface area contributed by atoms with Crippen LogP contribution < -0.4 is 0 Å². The van der Waals surface area contributed by atoms with Crippen LogP contribution in [-0.2, 0) is 18.3 Å². The summed E-state index contributed by atoms with van der Waals surface area (Å²) in [6, 6.07) is 0. The highest BCUT2D eigenvalue weighted by Gasteiger charge is 2.49. The molecule has 0 aromatic heterocycles. The van der Waals surface area contributed by atoms with Crippen molar-refractivity contribution in [3.8, 4) is 5.40 Å². The predicted octanol–water partition coefficient (Wildman–Crippen LogP) is 6.69. The van der Waals surface area contributed by atoms with Crippen molar-refractivity contribution in [2.45, 2.75) is 116 Å². The molecule has 31 heavy (non-hydrogen) atoms. The molecule has 0 amide bonds. The second kappa shape index (κ2) is 10.4. The fourth-order valence-corrected chi connectivity index (χ4v) is 5.40. The molecule has 1 saturated heterocycles. The lowest BCUT2D eigenvalue weighted by Crippen LogP contribution is -2.52. The molecule has 5 nitrogen and oxygen atoms in total. The monoisotopic (exact) mass is 487 g/mol. The van der Waals surface area contributed by atoms with Crippen LogP contribution in [0.25, 0.3) is 0 Å². The van der Waals surface area contributed by atoms with E-state index in [4.69, 9.17) is 23.6 Å². The third kappa shape index (κ3) is 8.29. The van der Waals surface area contributed by atoms with Gasteiger partial charge in [-0.2, -0.15) is 5.26 Å². The topological polar surface area (TPSA) is 60.7 Å². The summed E-state index contributed by atoms with van der Waals surface area (Å²) in [5.41, 5.74) is 0. The van der Waals surface area contributed by atoms with Crippen LogP contribution in [-0.4, -0.2) is 53.1 Å². The van der Waals surface area contributed by atoms with Crippen molar-refractivity contribution < 1.29 is 18.3 Å². The van der Waals surface area contributed by atoms with Crippen LogP contribution in [0.5, 0.6) is 0 Å². The molecule has 1 aliphatic heterocycles. The van der Waals surface area contributed by atoms with Crippen molar-refractivity contribution >= 4 is 28.4 Å². The van der Waals surface area contributed by atoms with Gasteiger partial charge in [-0.05, 0) is 61.9 Å². The first-order valence-corrected chi connectivity index (χ1v) is 18.0. The van der Waals surface area contributed by atoms with Crippen molar-refractivity contribution in [2.24, 2.45) is 0 Å². The number of nitriles is 1. The highest BCUT2D eigenvalue weighted by Crippen LogP contribution is 2.41. The molecular weight excluding hydrogens is 442 g/mol. The van der Waals surface area contributed by atoms with E-state index in [0.29, 0.717) is 12.4 Å². The third-order valence-electron chi connectivity index (χ3n) is 6.77. The van der Waals surface area contributed by atoms with Crippen molar-refractivity contribution in [1.29, 1.82) is 5.26 Å². The molecule has 8 heteroatoms. The lowest BCUT2D eigenvalue weighted by atomic mass is 10.1. The molecule has 0 aromatic rings. The van der Waals surface area contributed by atoms with Crippen LogP contribution >= 0.6 is 11.8 Å². The fourth-order valence-electron chi connectivity index (χ4n) is 2.79. The Balaban J connectivity index is 3.20. The molecule has 0 radical (unpaired) electrons. The number of hydrogen-bond donors (Lipinski definition) is 0. The summed E-state index contributed by atoms with van der Waals surface area (Å²) >= 11 is 1.21. The first-order valence-electron chi connectivity index (χ1n) is 11.2. The lowest BCUT2D eigenvalue weighted by molar-refractivity contribution is -0.154. The largest absolute Gasteiger partial charge is 0.414 e. The van der Waals surface area contributed by atoms with E-state index in [1.807, 2.05) is 26.0 Å². The highest BCUT2D eigenvalue weighted by atomic mass is 32.2.